The van der Waals surface area contributed by atoms with Gasteiger partial charge in [0.25, 0.3) is 0 Å². The number of H-pyrrole nitrogens is 1. The van der Waals surface area contributed by atoms with E-state index in [-0.39, 0.29) is 0 Å². The summed E-state index contributed by atoms with van der Waals surface area (Å²) in [7, 11) is 0. The van der Waals surface area contributed by atoms with Gasteiger partial charge >= 0.3 is 0 Å². The molecule has 0 saturated heterocycles. The van der Waals surface area contributed by atoms with Gasteiger partial charge in [0.15, 0.2) is 0 Å². The molecule has 34 valence electrons. The molecule has 0 amide bonds. The summed E-state index contributed by atoms with van der Waals surface area (Å²) >= 11 is 1.70. The lowest BCUT2D eigenvalue weighted by Crippen LogP contribution is -1.83. The monoisotopic (exact) mass is 101 g/mol. The smallest absolute Gasteiger partial charge is 0.0383 e. The average Bonchev–Trinajstić information content (AvgIpc) is 1.61. The summed E-state index contributed by atoms with van der Waals surface area (Å²) in [5.74, 6) is 0. The summed E-state index contributed by atoms with van der Waals surface area (Å²) in [6, 6.07) is 0. The van der Waals surface area contributed by atoms with Crippen LogP contribution in [0, 0.1) is 13.8 Å². The highest BCUT2D eigenvalue weighted by molar-refractivity contribution is 7.07. The highest BCUT2D eigenvalue weighted by atomic mass is 32.1. The molecule has 0 aliphatic rings. The fourth-order valence-corrected chi connectivity index (χ4v) is 0.765. The lowest BCUT2D eigenvalue weighted by molar-refractivity contribution is 1.24. The van der Waals surface area contributed by atoms with Crippen molar-refractivity contribution in [3.63, 3.8) is 0 Å². The molecule has 0 atom stereocenters. The summed E-state index contributed by atoms with van der Waals surface area (Å²) in [6.45, 7) is 4.18. The first-order valence-electron chi connectivity index (χ1n) is 1.91. The Bertz CT molecular complexity index is 113. The summed E-state index contributed by atoms with van der Waals surface area (Å²) in [4.78, 5) is 1.41. The Kier molecular flexibility index (Phi) is 0.733. The fraction of sp³-hybridized carbons (Fsp3) is 0.500. The van der Waals surface area contributed by atoms with Crippen molar-refractivity contribution in [1.82, 2.24) is 4.37 Å². The van der Waals surface area contributed by atoms with Crippen molar-refractivity contribution in [1.29, 1.82) is 0 Å². The van der Waals surface area contributed by atoms with E-state index in [4.69, 9.17) is 0 Å². The summed E-state index contributed by atoms with van der Waals surface area (Å²) < 4.78 is 3.05. The first-order valence-corrected chi connectivity index (χ1v) is 2.72. The largest absolute Gasteiger partial charge is 0.314 e. The molecule has 0 fully saturated rings. The predicted octanol–water partition coefficient (Wildman–Crippen LogP) is 1.69. The van der Waals surface area contributed by atoms with Crippen LogP contribution >= 0.6 is 11.5 Å². The standard InChI is InChI=1S/C4H7NS/c1-3-4(2)6-5-3/h5H,1-2H3. The second-order valence-corrected chi connectivity index (χ2v) is 2.41. The van der Waals surface area contributed by atoms with Crippen LogP contribution in [-0.4, -0.2) is 4.37 Å². The lowest BCUT2D eigenvalue weighted by Gasteiger charge is -1.98. The van der Waals surface area contributed by atoms with Crippen molar-refractivity contribution >= 4 is 11.5 Å². The van der Waals surface area contributed by atoms with Gasteiger partial charge in [-0.2, -0.15) is 0 Å². The van der Waals surface area contributed by atoms with Crippen LogP contribution in [0.1, 0.15) is 10.6 Å². The van der Waals surface area contributed by atoms with Crippen LogP contribution in [0.5, 0.6) is 0 Å². The average molecular weight is 101 g/mol. The molecular weight excluding hydrogens is 94.1 g/mol. The highest BCUT2D eigenvalue weighted by Crippen LogP contribution is 2.10. The molecule has 1 heterocycles. The first-order chi connectivity index (χ1) is 2.80. The first kappa shape index (κ1) is 3.93. The van der Waals surface area contributed by atoms with Gasteiger partial charge in [-0.05, 0) is 13.8 Å². The molecule has 0 spiro atoms. The van der Waals surface area contributed by atoms with Crippen LogP contribution in [0.2, 0.25) is 0 Å². The van der Waals surface area contributed by atoms with Gasteiger partial charge in [0.1, 0.15) is 0 Å². The Labute approximate surface area is 41.2 Å². The van der Waals surface area contributed by atoms with Gasteiger partial charge < -0.3 is 4.37 Å². The summed E-state index contributed by atoms with van der Waals surface area (Å²) in [6.07, 6.45) is 0. The molecule has 6 heavy (non-hydrogen) atoms. The van der Waals surface area contributed by atoms with Crippen molar-refractivity contribution in [2.24, 2.45) is 0 Å². The van der Waals surface area contributed by atoms with E-state index in [1.165, 1.54) is 10.6 Å². The molecule has 0 aliphatic carbocycles. The SMILES string of the molecule is Cc1[nH]sc1C. The van der Waals surface area contributed by atoms with Crippen LogP contribution in [0.4, 0.5) is 0 Å². The van der Waals surface area contributed by atoms with Gasteiger partial charge in [-0.15, -0.1) is 0 Å². The number of aromatic nitrogens is 1. The van der Waals surface area contributed by atoms with Crippen molar-refractivity contribution in [3.8, 4) is 0 Å². The van der Waals surface area contributed by atoms with E-state index in [1.54, 1.807) is 11.5 Å². The molecule has 1 N–H and O–H groups in total. The van der Waals surface area contributed by atoms with Gasteiger partial charge in [0.05, 0.1) is 0 Å². The normalized spacial score (nSPS) is 9.67. The van der Waals surface area contributed by atoms with Gasteiger partial charge in [-0.1, -0.05) is 11.5 Å². The van der Waals surface area contributed by atoms with Crippen molar-refractivity contribution in [3.05, 3.63) is 10.6 Å². The molecule has 2 heteroatoms. The summed E-state index contributed by atoms with van der Waals surface area (Å²) in [5.41, 5.74) is 1.32. The predicted molar refractivity (Wildman–Crippen MR) is 28.1 cm³/mol. The Morgan fingerprint density at radius 3 is 2.00 bits per heavy atom. The molecule has 1 aromatic heterocycles. The molecule has 0 unspecified atom stereocenters. The van der Waals surface area contributed by atoms with Crippen LogP contribution in [0.15, 0.2) is 0 Å². The molecule has 0 saturated carbocycles. The maximum Gasteiger partial charge on any atom is 0.0383 e. The molecule has 1 nitrogen and oxygen atoms in total. The maximum atomic E-state index is 3.05. The Morgan fingerprint density at radius 2 is 2.00 bits per heavy atom. The third-order valence-electron chi connectivity index (χ3n) is 0.885. The number of aryl methyl sites for hydroxylation is 2. The molecular formula is C4H7NS. The van der Waals surface area contributed by atoms with E-state index in [1.807, 2.05) is 0 Å². The topological polar surface area (TPSA) is 15.8 Å². The zero-order valence-corrected chi connectivity index (χ0v) is 4.72. The molecule has 1 aromatic rings. The molecule has 0 bridgehead atoms. The minimum Gasteiger partial charge on any atom is -0.314 e. The lowest BCUT2D eigenvalue weighted by atomic mass is 10.4. The fourth-order valence-electron chi connectivity index (χ4n) is 0.255. The van der Waals surface area contributed by atoms with E-state index >= 15 is 0 Å². The van der Waals surface area contributed by atoms with Crippen molar-refractivity contribution < 1.29 is 0 Å². The van der Waals surface area contributed by atoms with E-state index in [0.717, 1.165) is 0 Å². The number of nitrogens with one attached hydrogen (secondary N) is 1. The number of hydrogen-bond acceptors (Lipinski definition) is 1. The minimum absolute atomic E-state index is 1.32. The van der Waals surface area contributed by atoms with Gasteiger partial charge in [-0.25, -0.2) is 0 Å². The zero-order valence-electron chi connectivity index (χ0n) is 3.91. The number of hydrogen-bond donors (Lipinski definition) is 1. The number of rotatable bonds is 0. The highest BCUT2D eigenvalue weighted by Gasteiger charge is 1.90. The molecule has 0 aromatic carbocycles. The minimum atomic E-state index is 1.32. The van der Waals surface area contributed by atoms with E-state index in [0.29, 0.717) is 0 Å². The maximum absolute atomic E-state index is 3.05. The van der Waals surface area contributed by atoms with E-state index in [2.05, 4.69) is 18.2 Å². The van der Waals surface area contributed by atoms with Crippen LogP contribution in [0.25, 0.3) is 0 Å². The summed E-state index contributed by atoms with van der Waals surface area (Å²) in [5, 5.41) is 0. The van der Waals surface area contributed by atoms with Gasteiger partial charge in [0, 0.05) is 10.6 Å². The van der Waals surface area contributed by atoms with Crippen LogP contribution in [-0.2, 0) is 0 Å². The second kappa shape index (κ2) is 1.12. The molecule has 0 radical (unpaired) electrons. The molecule has 1 rings (SSSR count). The molecule has 0 aliphatic heterocycles. The van der Waals surface area contributed by atoms with E-state index < -0.39 is 0 Å². The Hall–Kier alpha value is -0.240. The second-order valence-electron chi connectivity index (χ2n) is 1.39. The van der Waals surface area contributed by atoms with E-state index in [9.17, 15) is 0 Å². The number of aromatic amines is 1. The van der Waals surface area contributed by atoms with Crippen LogP contribution in [0.3, 0.4) is 0 Å². The third kappa shape index (κ3) is 0.373. The van der Waals surface area contributed by atoms with Gasteiger partial charge in [0.2, 0.25) is 0 Å². The zero-order chi connectivity index (χ0) is 4.57. The van der Waals surface area contributed by atoms with Crippen molar-refractivity contribution in [2.45, 2.75) is 13.8 Å². The van der Waals surface area contributed by atoms with Gasteiger partial charge in [-0.3, -0.25) is 0 Å². The third-order valence-corrected chi connectivity index (χ3v) is 1.91. The Morgan fingerprint density at radius 1 is 1.50 bits per heavy atom. The van der Waals surface area contributed by atoms with Crippen LogP contribution < -0.4 is 0 Å². The van der Waals surface area contributed by atoms with Crippen molar-refractivity contribution in [2.75, 3.05) is 0 Å². The Balaban J connectivity index is 2.87. The quantitative estimate of drug-likeness (QED) is 0.512.